The van der Waals surface area contributed by atoms with E-state index in [0.29, 0.717) is 31.8 Å². The Morgan fingerprint density at radius 3 is 2.89 bits per heavy atom. The summed E-state index contributed by atoms with van der Waals surface area (Å²) in [5.41, 5.74) is 2.51. The van der Waals surface area contributed by atoms with Crippen LogP contribution in [0.3, 0.4) is 0 Å². The molecule has 1 aliphatic heterocycles. The molecular weight excluding hydrogens is 345 g/mol. The van der Waals surface area contributed by atoms with Crippen LogP contribution in [0.15, 0.2) is 54.7 Å². The van der Waals surface area contributed by atoms with Crippen LogP contribution in [0.1, 0.15) is 11.4 Å². The van der Waals surface area contributed by atoms with Crippen LogP contribution in [-0.4, -0.2) is 29.3 Å². The van der Waals surface area contributed by atoms with Crippen LogP contribution in [0.4, 0.5) is 4.39 Å². The summed E-state index contributed by atoms with van der Waals surface area (Å²) in [5.74, 6) is 1.52. The molecule has 0 aliphatic carbocycles. The van der Waals surface area contributed by atoms with Crippen molar-refractivity contribution < 1.29 is 13.9 Å². The third-order valence-electron chi connectivity index (χ3n) is 4.74. The van der Waals surface area contributed by atoms with E-state index < -0.39 is 0 Å². The quantitative estimate of drug-likeness (QED) is 0.726. The van der Waals surface area contributed by atoms with Crippen molar-refractivity contribution in [3.63, 3.8) is 0 Å². The van der Waals surface area contributed by atoms with Gasteiger partial charge in [-0.2, -0.15) is 0 Å². The van der Waals surface area contributed by atoms with E-state index in [1.165, 1.54) is 6.07 Å². The molecule has 1 N–H and O–H groups in total. The molecule has 140 valence electrons. The molecule has 1 unspecified atom stereocenters. The fraction of sp³-hybridized carbons (Fsp3) is 0.286. The van der Waals surface area contributed by atoms with Gasteiger partial charge in [-0.05, 0) is 18.2 Å². The number of nitrogens with one attached hydrogen (secondary N) is 1. The van der Waals surface area contributed by atoms with Gasteiger partial charge in [0.15, 0.2) is 0 Å². The number of hydrogen-bond acceptors (Lipinski definition) is 4. The fourth-order valence-corrected chi connectivity index (χ4v) is 3.31. The maximum Gasteiger partial charge on any atom is 0.135 e. The summed E-state index contributed by atoms with van der Waals surface area (Å²) in [6, 6.07) is 14.7. The summed E-state index contributed by atoms with van der Waals surface area (Å²) in [7, 11) is 1.66. The lowest BCUT2D eigenvalue weighted by Gasteiger charge is -2.24. The first kappa shape index (κ1) is 17.7. The Balaban J connectivity index is 1.40. The third-order valence-corrected chi connectivity index (χ3v) is 4.74. The van der Waals surface area contributed by atoms with Gasteiger partial charge in [0.05, 0.1) is 25.5 Å². The Hall–Kier alpha value is -2.70. The molecule has 0 spiro atoms. The molecule has 1 atom stereocenters. The largest absolute Gasteiger partial charge is 0.496 e. The number of hydrogen-bond donors (Lipinski definition) is 1. The minimum Gasteiger partial charge on any atom is -0.496 e. The molecule has 27 heavy (non-hydrogen) atoms. The van der Waals surface area contributed by atoms with E-state index in [4.69, 9.17) is 14.5 Å². The zero-order valence-electron chi connectivity index (χ0n) is 15.2. The van der Waals surface area contributed by atoms with E-state index in [1.54, 1.807) is 19.2 Å². The second kappa shape index (κ2) is 7.90. The molecule has 0 saturated carbocycles. The Bertz CT molecular complexity index is 925. The van der Waals surface area contributed by atoms with Crippen LogP contribution in [-0.2, 0) is 24.4 Å². The molecule has 0 fully saturated rings. The van der Waals surface area contributed by atoms with Crippen molar-refractivity contribution >= 4 is 0 Å². The standard InChI is InChI=1S/C21H22FN3O2/c1-26-20-9-5-3-7-17(20)19-13-25-12-16(27-14-21(25)24-19)11-23-10-15-6-2-4-8-18(15)22/h2-9,13,16,23H,10-12,14H2,1H3. The van der Waals surface area contributed by atoms with E-state index in [9.17, 15) is 4.39 Å². The van der Waals surface area contributed by atoms with Crippen LogP contribution < -0.4 is 10.1 Å². The van der Waals surface area contributed by atoms with Crippen molar-refractivity contribution in [3.8, 4) is 17.0 Å². The number of ether oxygens (including phenoxy) is 2. The average Bonchev–Trinajstić information content (AvgIpc) is 3.12. The number of para-hydroxylation sites is 1. The van der Waals surface area contributed by atoms with Gasteiger partial charge in [0, 0.05) is 30.4 Å². The molecule has 5 nitrogen and oxygen atoms in total. The monoisotopic (exact) mass is 367 g/mol. The molecule has 0 radical (unpaired) electrons. The smallest absolute Gasteiger partial charge is 0.135 e. The Morgan fingerprint density at radius 1 is 1.22 bits per heavy atom. The maximum absolute atomic E-state index is 13.7. The number of methoxy groups -OCH3 is 1. The SMILES string of the molecule is COc1ccccc1-c1cn2c(n1)COC(CNCc1ccccc1F)C2. The lowest BCUT2D eigenvalue weighted by Crippen LogP contribution is -2.36. The average molecular weight is 367 g/mol. The summed E-state index contributed by atoms with van der Waals surface area (Å²) in [6.45, 7) is 2.30. The molecular formula is C21H22FN3O2. The predicted molar refractivity (Wildman–Crippen MR) is 101 cm³/mol. The van der Waals surface area contributed by atoms with Gasteiger partial charge in [-0.3, -0.25) is 0 Å². The van der Waals surface area contributed by atoms with Gasteiger partial charge in [-0.1, -0.05) is 30.3 Å². The highest BCUT2D eigenvalue weighted by molar-refractivity contribution is 5.66. The molecule has 0 saturated heterocycles. The lowest BCUT2D eigenvalue weighted by atomic mass is 10.1. The van der Waals surface area contributed by atoms with Gasteiger partial charge in [0.2, 0.25) is 0 Å². The van der Waals surface area contributed by atoms with Gasteiger partial charge >= 0.3 is 0 Å². The molecule has 1 aliphatic rings. The van der Waals surface area contributed by atoms with Crippen LogP contribution in [0.25, 0.3) is 11.3 Å². The van der Waals surface area contributed by atoms with E-state index in [0.717, 1.165) is 22.8 Å². The molecule has 2 aromatic carbocycles. The Morgan fingerprint density at radius 2 is 2.04 bits per heavy atom. The van der Waals surface area contributed by atoms with Gasteiger partial charge < -0.3 is 19.4 Å². The molecule has 6 heteroatoms. The third kappa shape index (κ3) is 3.86. The van der Waals surface area contributed by atoms with Crippen LogP contribution >= 0.6 is 0 Å². The minimum absolute atomic E-state index is 0.0176. The number of benzene rings is 2. The molecule has 1 aromatic heterocycles. The summed E-state index contributed by atoms with van der Waals surface area (Å²) in [4.78, 5) is 4.69. The summed E-state index contributed by atoms with van der Waals surface area (Å²) in [6.07, 6.45) is 2.06. The molecule has 3 aromatic rings. The highest BCUT2D eigenvalue weighted by atomic mass is 19.1. The highest BCUT2D eigenvalue weighted by Crippen LogP contribution is 2.30. The first-order chi connectivity index (χ1) is 13.2. The predicted octanol–water partition coefficient (Wildman–Crippen LogP) is 3.39. The van der Waals surface area contributed by atoms with E-state index in [-0.39, 0.29) is 11.9 Å². The second-order valence-electron chi connectivity index (χ2n) is 6.55. The highest BCUT2D eigenvalue weighted by Gasteiger charge is 2.22. The van der Waals surface area contributed by atoms with Crippen molar-refractivity contribution in [3.05, 3.63) is 71.9 Å². The lowest BCUT2D eigenvalue weighted by molar-refractivity contribution is 0.00275. The number of rotatable bonds is 6. The zero-order chi connectivity index (χ0) is 18.6. The van der Waals surface area contributed by atoms with Gasteiger partial charge in [-0.25, -0.2) is 9.37 Å². The van der Waals surface area contributed by atoms with Crippen LogP contribution in [0, 0.1) is 5.82 Å². The molecule has 0 bridgehead atoms. The van der Waals surface area contributed by atoms with Gasteiger partial charge in [-0.15, -0.1) is 0 Å². The van der Waals surface area contributed by atoms with Crippen molar-refractivity contribution in [1.29, 1.82) is 0 Å². The van der Waals surface area contributed by atoms with E-state index in [1.807, 2.05) is 36.5 Å². The second-order valence-corrected chi connectivity index (χ2v) is 6.55. The summed E-state index contributed by atoms with van der Waals surface area (Å²) < 4.78 is 27.2. The summed E-state index contributed by atoms with van der Waals surface area (Å²) in [5, 5.41) is 3.28. The van der Waals surface area contributed by atoms with Crippen molar-refractivity contribution in [1.82, 2.24) is 14.9 Å². The Labute approximate surface area is 157 Å². The Kier molecular flexibility index (Phi) is 5.18. The normalized spacial score (nSPS) is 16.1. The van der Waals surface area contributed by atoms with Crippen LogP contribution in [0.2, 0.25) is 0 Å². The molecule has 0 amide bonds. The molecule has 4 rings (SSSR count). The first-order valence-corrected chi connectivity index (χ1v) is 9.00. The number of halogens is 1. The van der Waals surface area contributed by atoms with Crippen molar-refractivity contribution in [2.75, 3.05) is 13.7 Å². The number of imidazole rings is 1. The number of nitrogens with zero attached hydrogens (tertiary/aromatic N) is 2. The maximum atomic E-state index is 13.7. The van der Waals surface area contributed by atoms with Gasteiger partial charge in [0.1, 0.15) is 24.0 Å². The van der Waals surface area contributed by atoms with Crippen LogP contribution in [0.5, 0.6) is 5.75 Å². The summed E-state index contributed by atoms with van der Waals surface area (Å²) >= 11 is 0. The number of aromatic nitrogens is 2. The topological polar surface area (TPSA) is 48.3 Å². The first-order valence-electron chi connectivity index (χ1n) is 9.00. The van der Waals surface area contributed by atoms with Crippen molar-refractivity contribution in [2.24, 2.45) is 0 Å². The fourth-order valence-electron chi connectivity index (χ4n) is 3.31. The zero-order valence-corrected chi connectivity index (χ0v) is 15.2. The molecule has 2 heterocycles. The van der Waals surface area contributed by atoms with Crippen molar-refractivity contribution in [2.45, 2.75) is 25.8 Å². The minimum atomic E-state index is -0.187. The van der Waals surface area contributed by atoms with E-state index in [2.05, 4.69) is 9.88 Å². The van der Waals surface area contributed by atoms with Gasteiger partial charge in [0.25, 0.3) is 0 Å². The van der Waals surface area contributed by atoms with E-state index >= 15 is 0 Å². The number of fused-ring (bicyclic) bond motifs is 1.